The lowest BCUT2D eigenvalue weighted by Crippen LogP contribution is -2.35. The largest absolute Gasteiger partial charge is 0.535 e. The maximum atomic E-state index is 12.7. The van der Waals surface area contributed by atoms with Gasteiger partial charge < -0.3 is 9.68 Å². The molecular weight excluding hydrogens is 327 g/mol. The fraction of sp³-hybridized carbons (Fsp3) is 0.238. The van der Waals surface area contributed by atoms with Gasteiger partial charge in [0.1, 0.15) is 5.75 Å². The van der Waals surface area contributed by atoms with Gasteiger partial charge in [-0.1, -0.05) is 36.4 Å². The van der Waals surface area contributed by atoms with Gasteiger partial charge in [0.05, 0.1) is 5.56 Å². The number of Topliss-reactive ketones (excluding diaryl/α,β-unsaturated/α-hetero) is 2. The van der Waals surface area contributed by atoms with Gasteiger partial charge in [-0.3, -0.25) is 9.59 Å². The van der Waals surface area contributed by atoms with Crippen LogP contribution in [0.2, 0.25) is 5.82 Å². The number of carbonyl (C=O) groups is 2. The van der Waals surface area contributed by atoms with Crippen LogP contribution in [-0.2, 0) is 12.8 Å². The number of fused-ring (bicyclic) bond motifs is 2. The number of carbonyl (C=O) groups excluding carboxylic acids is 2. The summed E-state index contributed by atoms with van der Waals surface area (Å²) in [5, 5.41) is 10.4. The minimum absolute atomic E-state index is 0.00748. The molecule has 0 radical (unpaired) electrons. The molecule has 0 saturated carbocycles. The number of para-hydroxylation sites is 1. The fourth-order valence-electron chi connectivity index (χ4n) is 3.71. The monoisotopic (exact) mass is 346 g/mol. The van der Waals surface area contributed by atoms with Gasteiger partial charge in [0.15, 0.2) is 11.6 Å². The summed E-state index contributed by atoms with van der Waals surface area (Å²) < 4.78 is 5.62. The maximum absolute atomic E-state index is 12.7. The van der Waals surface area contributed by atoms with E-state index < -0.39 is 7.12 Å². The molecule has 0 aromatic heterocycles. The van der Waals surface area contributed by atoms with Crippen molar-refractivity contribution >= 4 is 24.8 Å². The summed E-state index contributed by atoms with van der Waals surface area (Å²) in [5.41, 5.74) is 4.31. The molecule has 4 nitrogen and oxygen atoms in total. The highest BCUT2D eigenvalue weighted by molar-refractivity contribution is 6.47. The zero-order chi connectivity index (χ0) is 18.3. The number of ketones is 2. The first-order valence-electron chi connectivity index (χ1n) is 8.83. The molecule has 0 bridgehead atoms. The van der Waals surface area contributed by atoms with E-state index in [4.69, 9.17) is 4.65 Å². The van der Waals surface area contributed by atoms with Crippen molar-refractivity contribution in [3.8, 4) is 5.75 Å². The summed E-state index contributed by atoms with van der Waals surface area (Å²) in [7, 11) is -1.10. The zero-order valence-electron chi connectivity index (χ0n) is 14.6. The second kappa shape index (κ2) is 6.58. The van der Waals surface area contributed by atoms with E-state index in [2.05, 4.69) is 6.08 Å². The van der Waals surface area contributed by atoms with Gasteiger partial charge in [-0.25, -0.2) is 0 Å². The van der Waals surface area contributed by atoms with Crippen LogP contribution in [0.15, 0.2) is 42.5 Å². The van der Waals surface area contributed by atoms with E-state index >= 15 is 0 Å². The lowest BCUT2D eigenvalue weighted by Gasteiger charge is -2.28. The van der Waals surface area contributed by atoms with Crippen LogP contribution >= 0.6 is 0 Å². The highest BCUT2D eigenvalue weighted by atomic mass is 16.5. The predicted octanol–water partition coefficient (Wildman–Crippen LogP) is 3.52. The summed E-state index contributed by atoms with van der Waals surface area (Å²) in [6.45, 7) is 1.48. The molecular formula is C21H19BO4. The molecule has 2 aromatic rings. The summed E-state index contributed by atoms with van der Waals surface area (Å²) in [5.74, 6) is 0.00145. The van der Waals surface area contributed by atoms with Gasteiger partial charge in [0.25, 0.3) is 0 Å². The Morgan fingerprint density at radius 1 is 1.23 bits per heavy atom. The average Bonchev–Trinajstić information content (AvgIpc) is 3.09. The van der Waals surface area contributed by atoms with E-state index in [0.29, 0.717) is 23.3 Å². The number of hydrogen-bond acceptors (Lipinski definition) is 4. The lowest BCUT2D eigenvalue weighted by atomic mass is 9.64. The van der Waals surface area contributed by atoms with Crippen molar-refractivity contribution in [3.63, 3.8) is 0 Å². The molecule has 1 atom stereocenters. The minimum atomic E-state index is -1.10. The second-order valence-electron chi connectivity index (χ2n) is 6.97. The highest BCUT2D eigenvalue weighted by Gasteiger charge is 2.37. The smallest absolute Gasteiger partial charge is 0.526 e. The van der Waals surface area contributed by atoms with Crippen LogP contribution < -0.4 is 4.65 Å². The molecule has 0 saturated heterocycles. The molecule has 0 unspecified atom stereocenters. The van der Waals surface area contributed by atoms with E-state index in [9.17, 15) is 14.6 Å². The Morgan fingerprint density at radius 3 is 2.88 bits per heavy atom. The number of rotatable bonds is 4. The number of benzene rings is 2. The molecule has 1 heterocycles. The summed E-state index contributed by atoms with van der Waals surface area (Å²) in [4.78, 5) is 24.4. The molecule has 0 amide bonds. The Hall–Kier alpha value is -2.66. The third-order valence-corrected chi connectivity index (χ3v) is 5.15. The molecule has 1 aliphatic carbocycles. The van der Waals surface area contributed by atoms with Crippen LogP contribution in [-0.4, -0.2) is 23.7 Å². The van der Waals surface area contributed by atoms with Crippen molar-refractivity contribution in [3.05, 3.63) is 70.3 Å². The van der Waals surface area contributed by atoms with Gasteiger partial charge in [0, 0.05) is 17.8 Å². The fourth-order valence-corrected chi connectivity index (χ4v) is 3.71. The van der Waals surface area contributed by atoms with Crippen LogP contribution in [0.4, 0.5) is 0 Å². The van der Waals surface area contributed by atoms with Crippen molar-refractivity contribution in [2.24, 2.45) is 0 Å². The number of hydrogen-bond donors (Lipinski definition) is 1. The molecule has 5 heteroatoms. The zero-order valence-corrected chi connectivity index (χ0v) is 14.6. The first-order chi connectivity index (χ1) is 12.5. The normalized spacial score (nSPS) is 17.5. The Balaban J connectivity index is 1.54. The minimum Gasteiger partial charge on any atom is -0.535 e. The van der Waals surface area contributed by atoms with E-state index in [-0.39, 0.29) is 23.8 Å². The molecule has 2 aliphatic rings. The van der Waals surface area contributed by atoms with Gasteiger partial charge in [-0.05, 0) is 48.6 Å². The van der Waals surface area contributed by atoms with Gasteiger partial charge in [-0.15, -0.1) is 0 Å². The molecule has 1 N–H and O–H groups in total. The third-order valence-electron chi connectivity index (χ3n) is 5.15. The summed E-state index contributed by atoms with van der Waals surface area (Å²) >= 11 is 0. The van der Waals surface area contributed by atoms with Crippen molar-refractivity contribution in [2.45, 2.75) is 32.0 Å². The molecule has 0 spiro atoms. The van der Waals surface area contributed by atoms with E-state index in [1.165, 1.54) is 12.5 Å². The van der Waals surface area contributed by atoms with Gasteiger partial charge >= 0.3 is 7.12 Å². The van der Waals surface area contributed by atoms with Gasteiger partial charge in [-0.2, -0.15) is 0 Å². The molecule has 26 heavy (non-hydrogen) atoms. The first-order valence-corrected chi connectivity index (χ1v) is 8.83. The van der Waals surface area contributed by atoms with E-state index in [1.807, 2.05) is 36.4 Å². The lowest BCUT2D eigenvalue weighted by molar-refractivity contribution is 0.0971. The third kappa shape index (κ3) is 2.99. The van der Waals surface area contributed by atoms with E-state index in [0.717, 1.165) is 17.5 Å². The average molecular weight is 346 g/mol. The van der Waals surface area contributed by atoms with Crippen LogP contribution in [0.25, 0.3) is 6.08 Å². The van der Waals surface area contributed by atoms with Crippen LogP contribution in [0.1, 0.15) is 50.8 Å². The van der Waals surface area contributed by atoms with Crippen LogP contribution in [0.3, 0.4) is 0 Å². The molecule has 4 rings (SSSR count). The SMILES string of the molecule is CC(=O)c1cccc2c1OB(O)[C@@H](CC(=O)c1ccc3c(c1)C=CC3)C2. The summed E-state index contributed by atoms with van der Waals surface area (Å²) in [6, 6.07) is 11.1. The van der Waals surface area contributed by atoms with Crippen molar-refractivity contribution in [2.75, 3.05) is 0 Å². The van der Waals surface area contributed by atoms with Crippen molar-refractivity contribution < 1.29 is 19.3 Å². The molecule has 0 fully saturated rings. The quantitative estimate of drug-likeness (QED) is 0.680. The molecule has 2 aromatic carbocycles. The first kappa shape index (κ1) is 16.8. The highest BCUT2D eigenvalue weighted by Crippen LogP contribution is 2.37. The Morgan fingerprint density at radius 2 is 2.08 bits per heavy atom. The Bertz CT molecular complexity index is 932. The molecule has 130 valence electrons. The van der Waals surface area contributed by atoms with Crippen LogP contribution in [0, 0.1) is 0 Å². The van der Waals surface area contributed by atoms with Crippen molar-refractivity contribution in [1.82, 2.24) is 0 Å². The summed E-state index contributed by atoms with van der Waals surface area (Å²) in [6.07, 6.45) is 5.74. The number of allylic oxidation sites excluding steroid dienone is 1. The van der Waals surface area contributed by atoms with Crippen molar-refractivity contribution in [1.29, 1.82) is 0 Å². The topological polar surface area (TPSA) is 63.6 Å². The Kier molecular flexibility index (Phi) is 4.25. The molecule has 1 aliphatic heterocycles. The predicted molar refractivity (Wildman–Crippen MR) is 101 cm³/mol. The standard InChI is InChI=1S/C21H19BO4/c1-13(23)19-7-3-6-17-11-18(22(25)26-21(17)19)12-20(24)16-9-8-14-4-2-5-15(14)10-16/h2-3,5-10,18,25H,4,11-12H2,1H3/t18-/m1/s1. The van der Waals surface area contributed by atoms with E-state index in [1.54, 1.807) is 6.07 Å². The second-order valence-corrected chi connectivity index (χ2v) is 6.97. The van der Waals surface area contributed by atoms with Gasteiger partial charge in [0.2, 0.25) is 0 Å². The maximum Gasteiger partial charge on any atom is 0.526 e. The van der Waals surface area contributed by atoms with Crippen LogP contribution in [0.5, 0.6) is 5.75 Å². The Labute approximate surface area is 152 Å².